The molecule has 31 heavy (non-hydrogen) atoms. The van der Waals surface area contributed by atoms with E-state index in [4.69, 9.17) is 4.98 Å². The predicted octanol–water partition coefficient (Wildman–Crippen LogP) is 5.95. The van der Waals surface area contributed by atoms with Gasteiger partial charge in [0.05, 0.1) is 11.4 Å². The summed E-state index contributed by atoms with van der Waals surface area (Å²) in [4.78, 5) is 5.29. The molecule has 0 bridgehead atoms. The van der Waals surface area contributed by atoms with Crippen LogP contribution in [-0.2, 0) is 19.9 Å². The first-order chi connectivity index (χ1) is 14.9. The third-order valence-corrected chi connectivity index (χ3v) is 7.27. The van der Waals surface area contributed by atoms with Crippen LogP contribution in [0.25, 0.3) is 33.8 Å². The highest BCUT2D eigenvalue weighted by Gasteiger charge is 2.32. The fourth-order valence-corrected chi connectivity index (χ4v) is 5.67. The zero-order valence-electron chi connectivity index (χ0n) is 18.9. The van der Waals surface area contributed by atoms with Crippen LogP contribution in [0.4, 0.5) is 0 Å². The van der Waals surface area contributed by atoms with E-state index in [9.17, 15) is 0 Å². The first-order valence-corrected chi connectivity index (χ1v) is 11.1. The zero-order valence-corrected chi connectivity index (χ0v) is 18.9. The zero-order chi connectivity index (χ0) is 21.4. The summed E-state index contributed by atoms with van der Waals surface area (Å²) in [6.07, 6.45) is 4.16. The van der Waals surface area contributed by atoms with Gasteiger partial charge in [0.2, 0.25) is 5.69 Å². The van der Waals surface area contributed by atoms with Crippen molar-refractivity contribution in [2.45, 2.75) is 40.5 Å². The number of nitrogens with zero attached hydrogens (tertiary/aromatic N) is 2. The normalized spacial score (nSPS) is 13.1. The lowest BCUT2D eigenvalue weighted by atomic mass is 9.93. The molecule has 0 saturated carbocycles. The van der Waals surface area contributed by atoms with Crippen LogP contribution in [0.2, 0.25) is 0 Å². The Morgan fingerprint density at radius 3 is 2.42 bits per heavy atom. The van der Waals surface area contributed by atoms with Gasteiger partial charge in [0.1, 0.15) is 7.05 Å². The Balaban J connectivity index is 1.58. The van der Waals surface area contributed by atoms with Gasteiger partial charge in [-0.15, -0.1) is 0 Å². The largest absolute Gasteiger partial charge is 0.247 e. The van der Waals surface area contributed by atoms with Crippen molar-refractivity contribution in [2.24, 2.45) is 7.05 Å². The Kier molecular flexibility index (Phi) is 3.80. The van der Waals surface area contributed by atoms with E-state index in [2.05, 4.69) is 88.0 Å². The molecule has 0 saturated heterocycles. The molecule has 2 heterocycles. The SMILES string of the molecule is Cc1cc(C)c(C)c(-c2c3c(cc[n+]2C)-c2nc4c(cc2C3)Cc2cccc(C)c2-4)c1. The van der Waals surface area contributed by atoms with Crippen LogP contribution in [0.3, 0.4) is 0 Å². The molecule has 0 atom stereocenters. The van der Waals surface area contributed by atoms with Crippen molar-refractivity contribution in [3.8, 4) is 33.8 Å². The minimum Gasteiger partial charge on any atom is -0.247 e. The summed E-state index contributed by atoms with van der Waals surface area (Å²) in [5.41, 5.74) is 18.6. The van der Waals surface area contributed by atoms with Crippen LogP contribution >= 0.6 is 0 Å². The molecule has 0 N–H and O–H groups in total. The summed E-state index contributed by atoms with van der Waals surface area (Å²) in [7, 11) is 2.17. The third kappa shape index (κ3) is 2.57. The molecule has 0 unspecified atom stereocenters. The summed E-state index contributed by atoms with van der Waals surface area (Å²) in [6.45, 7) is 8.87. The van der Waals surface area contributed by atoms with Gasteiger partial charge < -0.3 is 0 Å². The maximum Gasteiger partial charge on any atom is 0.216 e. The number of rotatable bonds is 1. The molecule has 0 aliphatic heterocycles. The van der Waals surface area contributed by atoms with Crippen molar-refractivity contribution < 1.29 is 4.57 Å². The van der Waals surface area contributed by atoms with E-state index in [1.165, 1.54) is 78.3 Å². The molecule has 2 nitrogen and oxygen atoms in total. The van der Waals surface area contributed by atoms with Crippen LogP contribution in [0, 0.1) is 27.7 Å². The number of pyridine rings is 2. The molecule has 0 amide bonds. The van der Waals surface area contributed by atoms with E-state index in [1.807, 2.05) is 0 Å². The molecule has 0 fully saturated rings. The van der Waals surface area contributed by atoms with Gasteiger partial charge in [0.15, 0.2) is 6.20 Å². The van der Waals surface area contributed by atoms with Crippen molar-refractivity contribution in [3.05, 3.63) is 93.2 Å². The molecular formula is C29H27N2+. The van der Waals surface area contributed by atoms with E-state index < -0.39 is 0 Å². The molecule has 2 aliphatic rings. The first kappa shape index (κ1) is 18.5. The summed E-state index contributed by atoms with van der Waals surface area (Å²) >= 11 is 0. The van der Waals surface area contributed by atoms with Gasteiger partial charge in [0, 0.05) is 41.2 Å². The van der Waals surface area contributed by atoms with Gasteiger partial charge >= 0.3 is 0 Å². The van der Waals surface area contributed by atoms with Crippen LogP contribution in [-0.4, -0.2) is 4.98 Å². The highest BCUT2D eigenvalue weighted by atomic mass is 14.9. The summed E-state index contributed by atoms with van der Waals surface area (Å²) in [5, 5.41) is 0. The van der Waals surface area contributed by atoms with Gasteiger partial charge in [0.25, 0.3) is 0 Å². The van der Waals surface area contributed by atoms with Crippen LogP contribution in [0.1, 0.15) is 44.5 Å². The van der Waals surface area contributed by atoms with Gasteiger partial charge in [-0.05, 0) is 67.1 Å². The lowest BCUT2D eigenvalue weighted by molar-refractivity contribution is -0.660. The Labute approximate surface area is 184 Å². The fourth-order valence-electron chi connectivity index (χ4n) is 5.67. The van der Waals surface area contributed by atoms with E-state index in [0.717, 1.165) is 12.8 Å². The number of aromatic nitrogens is 2. The molecule has 0 radical (unpaired) electrons. The molecule has 4 aromatic rings. The van der Waals surface area contributed by atoms with Gasteiger partial charge in [-0.3, -0.25) is 0 Å². The molecule has 152 valence electrons. The van der Waals surface area contributed by atoms with Crippen LogP contribution in [0.5, 0.6) is 0 Å². The fraction of sp³-hybridized carbons (Fsp3) is 0.241. The molecule has 2 heteroatoms. The average Bonchev–Trinajstić information content (AvgIpc) is 3.27. The van der Waals surface area contributed by atoms with Crippen molar-refractivity contribution in [1.82, 2.24) is 4.98 Å². The van der Waals surface area contributed by atoms with Gasteiger partial charge in [-0.25, -0.2) is 9.55 Å². The Morgan fingerprint density at radius 1 is 0.774 bits per heavy atom. The second kappa shape index (κ2) is 6.37. The lowest BCUT2D eigenvalue weighted by Gasteiger charge is -2.12. The second-order valence-corrected chi connectivity index (χ2v) is 9.39. The van der Waals surface area contributed by atoms with Crippen molar-refractivity contribution in [3.63, 3.8) is 0 Å². The number of benzene rings is 2. The molecule has 2 aliphatic carbocycles. The summed E-state index contributed by atoms with van der Waals surface area (Å²) in [5.74, 6) is 0. The first-order valence-electron chi connectivity index (χ1n) is 11.1. The molecule has 2 aromatic carbocycles. The van der Waals surface area contributed by atoms with Crippen LogP contribution in [0.15, 0.2) is 48.7 Å². The monoisotopic (exact) mass is 403 g/mol. The molecular weight excluding hydrogens is 376 g/mol. The van der Waals surface area contributed by atoms with Crippen LogP contribution < -0.4 is 4.57 Å². The standard InChI is InChI=1S/C29H27N2/c1-16-11-18(3)19(4)24(12-16)29-25-15-22-14-21-13-20-8-6-7-17(2)26(20)28(21)30-27(22)23(25)9-10-31(29)5/h6-12,14H,13,15H2,1-5H3/q+1. The highest BCUT2D eigenvalue weighted by molar-refractivity contribution is 5.85. The Hall–Kier alpha value is -3.26. The maximum atomic E-state index is 5.29. The lowest BCUT2D eigenvalue weighted by Crippen LogP contribution is -2.32. The minimum atomic E-state index is 0.955. The van der Waals surface area contributed by atoms with Gasteiger partial charge in [-0.1, -0.05) is 35.9 Å². The summed E-state index contributed by atoms with van der Waals surface area (Å²) < 4.78 is 2.29. The van der Waals surface area contributed by atoms with Crippen molar-refractivity contribution in [2.75, 3.05) is 0 Å². The van der Waals surface area contributed by atoms with E-state index >= 15 is 0 Å². The molecule has 2 aromatic heterocycles. The van der Waals surface area contributed by atoms with E-state index in [0.29, 0.717) is 0 Å². The topological polar surface area (TPSA) is 16.8 Å². The predicted molar refractivity (Wildman–Crippen MR) is 126 cm³/mol. The number of fused-ring (bicyclic) bond motifs is 6. The molecule has 0 spiro atoms. The third-order valence-electron chi connectivity index (χ3n) is 7.27. The quantitative estimate of drug-likeness (QED) is 0.310. The number of hydrogen-bond acceptors (Lipinski definition) is 1. The molecule has 6 rings (SSSR count). The second-order valence-electron chi connectivity index (χ2n) is 9.39. The van der Waals surface area contributed by atoms with E-state index in [1.54, 1.807) is 0 Å². The average molecular weight is 404 g/mol. The summed E-state index contributed by atoms with van der Waals surface area (Å²) in [6, 6.07) is 15.9. The number of hydrogen-bond donors (Lipinski definition) is 0. The Bertz CT molecular complexity index is 1430. The smallest absolute Gasteiger partial charge is 0.216 e. The number of aryl methyl sites for hydroxylation is 4. The van der Waals surface area contributed by atoms with Crippen molar-refractivity contribution >= 4 is 0 Å². The highest BCUT2D eigenvalue weighted by Crippen LogP contribution is 2.45. The van der Waals surface area contributed by atoms with E-state index in [-0.39, 0.29) is 0 Å². The Morgan fingerprint density at radius 2 is 1.58 bits per heavy atom. The van der Waals surface area contributed by atoms with Gasteiger partial charge in [-0.2, -0.15) is 0 Å². The minimum absolute atomic E-state index is 0.955. The van der Waals surface area contributed by atoms with Crippen molar-refractivity contribution in [1.29, 1.82) is 0 Å². The maximum absolute atomic E-state index is 5.29.